The summed E-state index contributed by atoms with van der Waals surface area (Å²) in [5.74, 6) is 0.0621. The Bertz CT molecular complexity index is 1240. The van der Waals surface area contributed by atoms with Crippen LogP contribution >= 0.6 is 11.6 Å². The molecule has 8 nitrogen and oxygen atoms in total. The van der Waals surface area contributed by atoms with Gasteiger partial charge in [0.05, 0.1) is 18.3 Å². The first-order chi connectivity index (χ1) is 16.1. The summed E-state index contributed by atoms with van der Waals surface area (Å²) in [7, 11) is 0. The average Bonchev–Trinajstić information content (AvgIpc) is 3.45. The third kappa shape index (κ3) is 4.24. The second-order valence-corrected chi connectivity index (χ2v) is 9.32. The molecular weight excluding hydrogens is 438 g/mol. The fourth-order valence-corrected chi connectivity index (χ4v) is 5.13. The van der Waals surface area contributed by atoms with Crippen LogP contribution in [-0.4, -0.2) is 37.7 Å². The van der Waals surface area contributed by atoms with Crippen LogP contribution in [0.5, 0.6) is 0 Å². The lowest BCUT2D eigenvalue weighted by molar-refractivity contribution is 0.0642. The zero-order valence-corrected chi connectivity index (χ0v) is 19.3. The van der Waals surface area contributed by atoms with E-state index in [1.807, 2.05) is 48.0 Å². The topological polar surface area (TPSA) is 103 Å². The minimum atomic E-state index is 0.0621. The molecule has 0 spiro atoms. The Morgan fingerprint density at radius 2 is 2.15 bits per heavy atom. The molecule has 1 N–H and O–H groups in total. The fourth-order valence-electron chi connectivity index (χ4n) is 4.93. The number of carbonyl (C=O) groups is 1. The van der Waals surface area contributed by atoms with Crippen LogP contribution in [0.1, 0.15) is 57.8 Å². The molecule has 0 radical (unpaired) electrons. The van der Waals surface area contributed by atoms with Crippen molar-refractivity contribution in [3.63, 3.8) is 0 Å². The number of hydrogen-bond acceptors (Lipinski definition) is 3. The highest BCUT2D eigenvalue weighted by Gasteiger charge is 2.40. The molecule has 0 bridgehead atoms. The third-order valence-corrected chi connectivity index (χ3v) is 7.19. The summed E-state index contributed by atoms with van der Waals surface area (Å²) in [5, 5.41) is 11.7. The number of carbonyl (C=O) groups excluding carboxylic acids is 1. The molecule has 1 aromatic carbocycles. The molecule has 0 aliphatic heterocycles. The SMILES string of the molecule is Cc1c(C(=O)N(C2CC2)C2CCc3[nH]ncc3C2)cc(CN=[N+]=[N-])n1Cc1ccccc1Cl. The van der Waals surface area contributed by atoms with Crippen molar-refractivity contribution in [2.24, 2.45) is 5.11 Å². The number of azide groups is 1. The lowest BCUT2D eigenvalue weighted by Crippen LogP contribution is -2.45. The summed E-state index contributed by atoms with van der Waals surface area (Å²) in [6.45, 7) is 2.66. The van der Waals surface area contributed by atoms with E-state index in [2.05, 4.69) is 25.1 Å². The molecule has 2 heterocycles. The average molecular weight is 464 g/mol. The maximum atomic E-state index is 13.9. The number of fused-ring (bicyclic) bond motifs is 1. The van der Waals surface area contributed by atoms with Crippen molar-refractivity contribution < 1.29 is 4.79 Å². The number of benzene rings is 1. The van der Waals surface area contributed by atoms with E-state index in [1.54, 1.807) is 0 Å². The Morgan fingerprint density at radius 1 is 1.33 bits per heavy atom. The van der Waals surface area contributed by atoms with Crippen LogP contribution in [-0.2, 0) is 25.9 Å². The fraction of sp³-hybridized carbons (Fsp3) is 0.417. The standard InChI is InChI=1S/C24H26ClN7O/c1-15-21(11-20(13-28-30-26)31(15)14-16-4-2-3-5-22(16)25)24(33)32(18-6-7-18)19-8-9-23-17(10-19)12-27-29-23/h2-5,11-12,18-19H,6-10,13-14H2,1H3,(H,27,29). The van der Waals surface area contributed by atoms with Crippen molar-refractivity contribution in [1.82, 2.24) is 19.7 Å². The van der Waals surface area contributed by atoms with Gasteiger partial charge in [-0.2, -0.15) is 5.10 Å². The first-order valence-corrected chi connectivity index (χ1v) is 11.7. The number of hydrogen-bond donors (Lipinski definition) is 1. The lowest BCUT2D eigenvalue weighted by Gasteiger charge is -2.34. The Labute approximate surface area is 197 Å². The van der Waals surface area contributed by atoms with Gasteiger partial charge in [-0.05, 0) is 67.8 Å². The molecule has 1 fully saturated rings. The summed E-state index contributed by atoms with van der Waals surface area (Å²) < 4.78 is 2.04. The van der Waals surface area contributed by atoms with Gasteiger partial charge in [-0.1, -0.05) is 34.9 Å². The van der Waals surface area contributed by atoms with Crippen LogP contribution in [0.15, 0.2) is 41.6 Å². The predicted octanol–water partition coefficient (Wildman–Crippen LogP) is 5.19. The molecule has 170 valence electrons. The maximum absolute atomic E-state index is 13.9. The van der Waals surface area contributed by atoms with E-state index in [4.69, 9.17) is 17.1 Å². The van der Waals surface area contributed by atoms with Gasteiger partial charge in [0.2, 0.25) is 0 Å². The second kappa shape index (κ2) is 8.96. The number of aromatic amines is 1. The van der Waals surface area contributed by atoms with Crippen molar-refractivity contribution in [3.05, 3.63) is 85.8 Å². The number of nitrogens with zero attached hydrogens (tertiary/aromatic N) is 6. The van der Waals surface area contributed by atoms with E-state index in [1.165, 1.54) is 11.3 Å². The number of aryl methyl sites for hydroxylation is 1. The summed E-state index contributed by atoms with van der Waals surface area (Å²) >= 11 is 6.41. The highest BCUT2D eigenvalue weighted by atomic mass is 35.5. The van der Waals surface area contributed by atoms with Crippen LogP contribution < -0.4 is 0 Å². The van der Waals surface area contributed by atoms with E-state index < -0.39 is 0 Å². The van der Waals surface area contributed by atoms with Crippen LogP contribution in [0.4, 0.5) is 0 Å². The number of aromatic nitrogens is 3. The molecule has 0 saturated heterocycles. The lowest BCUT2D eigenvalue weighted by atomic mass is 9.92. The van der Waals surface area contributed by atoms with E-state index >= 15 is 0 Å². The van der Waals surface area contributed by atoms with Gasteiger partial charge in [0.25, 0.3) is 5.91 Å². The Morgan fingerprint density at radius 3 is 2.91 bits per heavy atom. The number of halogens is 1. The molecule has 1 saturated carbocycles. The Balaban J connectivity index is 1.48. The van der Waals surface area contributed by atoms with Crippen molar-refractivity contribution in [2.45, 2.75) is 64.2 Å². The monoisotopic (exact) mass is 463 g/mol. The van der Waals surface area contributed by atoms with E-state index in [0.29, 0.717) is 23.2 Å². The highest BCUT2D eigenvalue weighted by Crippen LogP contribution is 2.35. The molecule has 1 amide bonds. The van der Waals surface area contributed by atoms with Crippen LogP contribution in [0.25, 0.3) is 10.4 Å². The van der Waals surface area contributed by atoms with Gasteiger partial charge in [0, 0.05) is 45.6 Å². The minimum absolute atomic E-state index is 0.0621. The van der Waals surface area contributed by atoms with Gasteiger partial charge in [0.1, 0.15) is 0 Å². The van der Waals surface area contributed by atoms with Gasteiger partial charge >= 0.3 is 0 Å². The molecular formula is C24H26ClN7O. The number of amides is 1. The normalized spacial score (nSPS) is 17.3. The van der Waals surface area contributed by atoms with Crippen LogP contribution in [0, 0.1) is 6.92 Å². The predicted molar refractivity (Wildman–Crippen MR) is 126 cm³/mol. The van der Waals surface area contributed by atoms with E-state index in [-0.39, 0.29) is 18.5 Å². The Kier molecular flexibility index (Phi) is 5.87. The molecule has 9 heteroatoms. The summed E-state index contributed by atoms with van der Waals surface area (Å²) in [5.41, 5.74) is 14.6. The molecule has 3 aromatic rings. The molecule has 2 aliphatic rings. The van der Waals surface area contributed by atoms with Crippen molar-refractivity contribution in [3.8, 4) is 0 Å². The first-order valence-electron chi connectivity index (χ1n) is 11.3. The van der Waals surface area contributed by atoms with Crippen molar-refractivity contribution in [2.75, 3.05) is 0 Å². The minimum Gasteiger partial charge on any atom is -0.344 e. The second-order valence-electron chi connectivity index (χ2n) is 8.92. The largest absolute Gasteiger partial charge is 0.344 e. The van der Waals surface area contributed by atoms with Gasteiger partial charge < -0.3 is 9.47 Å². The molecule has 1 unspecified atom stereocenters. The summed E-state index contributed by atoms with van der Waals surface area (Å²) in [4.78, 5) is 18.9. The summed E-state index contributed by atoms with van der Waals surface area (Å²) in [6.07, 6.45) is 6.66. The smallest absolute Gasteiger partial charge is 0.256 e. The number of H-pyrrole nitrogens is 1. The zero-order valence-electron chi connectivity index (χ0n) is 18.5. The molecule has 5 rings (SSSR count). The van der Waals surface area contributed by atoms with E-state index in [9.17, 15) is 4.79 Å². The maximum Gasteiger partial charge on any atom is 0.256 e. The van der Waals surface area contributed by atoms with Crippen molar-refractivity contribution >= 4 is 17.5 Å². The molecule has 1 atom stereocenters. The van der Waals surface area contributed by atoms with Crippen molar-refractivity contribution in [1.29, 1.82) is 0 Å². The van der Waals surface area contributed by atoms with Crippen LogP contribution in [0.3, 0.4) is 0 Å². The van der Waals surface area contributed by atoms with E-state index in [0.717, 1.165) is 49.1 Å². The molecule has 2 aromatic heterocycles. The highest BCUT2D eigenvalue weighted by molar-refractivity contribution is 6.31. The number of rotatable bonds is 7. The molecule has 33 heavy (non-hydrogen) atoms. The van der Waals surface area contributed by atoms with Gasteiger partial charge in [0.15, 0.2) is 0 Å². The Hall–Kier alpha value is -3.22. The van der Waals surface area contributed by atoms with Gasteiger partial charge in [-0.15, -0.1) is 0 Å². The summed E-state index contributed by atoms with van der Waals surface area (Å²) in [6, 6.07) is 10.0. The molecule has 2 aliphatic carbocycles. The third-order valence-electron chi connectivity index (χ3n) is 6.82. The zero-order chi connectivity index (χ0) is 22.9. The first kappa shape index (κ1) is 21.6. The van der Waals surface area contributed by atoms with Gasteiger partial charge in [-0.3, -0.25) is 9.89 Å². The quantitative estimate of drug-likeness (QED) is 0.296. The van der Waals surface area contributed by atoms with Gasteiger partial charge in [-0.25, -0.2) is 0 Å². The number of nitrogens with one attached hydrogen (secondary N) is 1. The van der Waals surface area contributed by atoms with Crippen LogP contribution in [0.2, 0.25) is 5.02 Å².